The molecule has 1 aliphatic carbocycles. The third-order valence-corrected chi connectivity index (χ3v) is 3.92. The highest BCUT2D eigenvalue weighted by molar-refractivity contribution is 5.62. The van der Waals surface area contributed by atoms with Crippen molar-refractivity contribution in [3.63, 3.8) is 0 Å². The second kappa shape index (κ2) is 5.52. The SMILES string of the molecule is O=[N+]([O-])c1ccc(F)cc1NC1CC(c2ccccc2)C1. The molecule has 3 rings (SSSR count). The molecule has 0 aliphatic heterocycles. The largest absolute Gasteiger partial charge is 0.377 e. The van der Waals surface area contributed by atoms with Gasteiger partial charge >= 0.3 is 0 Å². The van der Waals surface area contributed by atoms with Crippen molar-refractivity contribution in [3.8, 4) is 0 Å². The molecule has 2 aromatic rings. The summed E-state index contributed by atoms with van der Waals surface area (Å²) in [7, 11) is 0. The number of hydrogen-bond donors (Lipinski definition) is 1. The van der Waals surface area contributed by atoms with Crippen LogP contribution in [-0.4, -0.2) is 11.0 Å². The number of anilines is 1. The molecule has 0 aromatic heterocycles. The Morgan fingerprint density at radius 3 is 2.52 bits per heavy atom. The van der Waals surface area contributed by atoms with Gasteiger partial charge in [0.15, 0.2) is 0 Å². The molecule has 1 aliphatic rings. The zero-order valence-corrected chi connectivity index (χ0v) is 11.3. The molecule has 1 N–H and O–H groups in total. The number of benzene rings is 2. The van der Waals surface area contributed by atoms with E-state index in [2.05, 4.69) is 17.4 Å². The molecule has 0 atom stereocenters. The minimum absolute atomic E-state index is 0.0837. The Morgan fingerprint density at radius 1 is 1.14 bits per heavy atom. The quantitative estimate of drug-likeness (QED) is 0.680. The highest BCUT2D eigenvalue weighted by Gasteiger charge is 2.31. The first-order chi connectivity index (χ1) is 10.1. The van der Waals surface area contributed by atoms with Gasteiger partial charge in [0.1, 0.15) is 11.5 Å². The van der Waals surface area contributed by atoms with Gasteiger partial charge in [0.25, 0.3) is 5.69 Å². The van der Waals surface area contributed by atoms with E-state index in [1.807, 2.05) is 18.2 Å². The van der Waals surface area contributed by atoms with E-state index >= 15 is 0 Å². The maximum Gasteiger partial charge on any atom is 0.292 e. The smallest absolute Gasteiger partial charge is 0.292 e. The second-order valence-electron chi connectivity index (χ2n) is 5.34. The van der Waals surface area contributed by atoms with Crippen LogP contribution in [0.2, 0.25) is 0 Å². The first-order valence-electron chi connectivity index (χ1n) is 6.89. The number of nitrogens with one attached hydrogen (secondary N) is 1. The number of hydrogen-bond acceptors (Lipinski definition) is 3. The minimum Gasteiger partial charge on any atom is -0.377 e. The van der Waals surface area contributed by atoms with Gasteiger partial charge in [0.05, 0.1) is 4.92 Å². The van der Waals surface area contributed by atoms with Gasteiger partial charge in [0, 0.05) is 18.2 Å². The average Bonchev–Trinajstić information content (AvgIpc) is 2.43. The Hall–Kier alpha value is -2.43. The lowest BCUT2D eigenvalue weighted by Crippen LogP contribution is -2.34. The fraction of sp³-hybridized carbons (Fsp3) is 0.250. The van der Waals surface area contributed by atoms with E-state index in [9.17, 15) is 14.5 Å². The van der Waals surface area contributed by atoms with Crippen LogP contribution in [0.1, 0.15) is 24.3 Å². The molecule has 4 nitrogen and oxygen atoms in total. The van der Waals surface area contributed by atoms with Gasteiger partial charge < -0.3 is 5.32 Å². The predicted octanol–water partition coefficient (Wildman–Crippen LogP) is 4.09. The van der Waals surface area contributed by atoms with Crippen molar-refractivity contribution in [1.29, 1.82) is 0 Å². The van der Waals surface area contributed by atoms with Crippen LogP contribution in [-0.2, 0) is 0 Å². The van der Waals surface area contributed by atoms with E-state index in [-0.39, 0.29) is 17.4 Å². The molecule has 1 fully saturated rings. The maximum atomic E-state index is 13.3. The van der Waals surface area contributed by atoms with Crippen molar-refractivity contribution < 1.29 is 9.31 Å². The van der Waals surface area contributed by atoms with Gasteiger partial charge in [-0.15, -0.1) is 0 Å². The van der Waals surface area contributed by atoms with Gasteiger partial charge in [-0.1, -0.05) is 30.3 Å². The Bertz CT molecular complexity index is 655. The van der Waals surface area contributed by atoms with Crippen LogP contribution in [0.15, 0.2) is 48.5 Å². The summed E-state index contributed by atoms with van der Waals surface area (Å²) in [4.78, 5) is 10.5. The summed E-state index contributed by atoms with van der Waals surface area (Å²) in [5.41, 5.74) is 1.46. The van der Waals surface area contributed by atoms with E-state index < -0.39 is 10.7 Å². The van der Waals surface area contributed by atoms with Gasteiger partial charge in [0.2, 0.25) is 0 Å². The van der Waals surface area contributed by atoms with E-state index in [1.165, 1.54) is 17.7 Å². The lowest BCUT2D eigenvalue weighted by molar-refractivity contribution is -0.384. The van der Waals surface area contributed by atoms with Crippen molar-refractivity contribution in [1.82, 2.24) is 0 Å². The summed E-state index contributed by atoms with van der Waals surface area (Å²) in [5.74, 6) is -0.00153. The van der Waals surface area contributed by atoms with Gasteiger partial charge in [-0.3, -0.25) is 10.1 Å². The Kier molecular flexibility index (Phi) is 3.56. The first kappa shape index (κ1) is 13.5. The van der Waals surface area contributed by atoms with E-state index in [4.69, 9.17) is 0 Å². The Balaban J connectivity index is 1.67. The van der Waals surface area contributed by atoms with E-state index in [1.54, 1.807) is 0 Å². The van der Waals surface area contributed by atoms with Crippen molar-refractivity contribution in [2.24, 2.45) is 0 Å². The zero-order chi connectivity index (χ0) is 14.8. The third-order valence-electron chi connectivity index (χ3n) is 3.92. The molecule has 0 saturated heterocycles. The summed E-state index contributed by atoms with van der Waals surface area (Å²) in [6, 6.07) is 13.8. The molecule has 0 amide bonds. The molecular weight excluding hydrogens is 271 g/mol. The predicted molar refractivity (Wildman–Crippen MR) is 78.9 cm³/mol. The van der Waals surface area contributed by atoms with E-state index in [0.29, 0.717) is 5.92 Å². The van der Waals surface area contributed by atoms with Crippen LogP contribution in [0.25, 0.3) is 0 Å². The summed E-state index contributed by atoms with van der Waals surface area (Å²) >= 11 is 0. The summed E-state index contributed by atoms with van der Waals surface area (Å²) in [6.45, 7) is 0. The number of rotatable bonds is 4. The first-order valence-corrected chi connectivity index (χ1v) is 6.89. The number of nitro groups is 1. The lowest BCUT2D eigenvalue weighted by atomic mass is 9.76. The summed E-state index contributed by atoms with van der Waals surface area (Å²) in [6.07, 6.45) is 1.80. The average molecular weight is 286 g/mol. The van der Waals surface area contributed by atoms with Gasteiger partial charge in [-0.2, -0.15) is 0 Å². The van der Waals surface area contributed by atoms with Crippen molar-refractivity contribution in [3.05, 3.63) is 70.0 Å². The molecule has 21 heavy (non-hydrogen) atoms. The standard InChI is InChI=1S/C16H15FN2O2/c17-13-6-7-16(19(20)21)15(10-13)18-14-8-12(9-14)11-4-2-1-3-5-11/h1-7,10,12,14,18H,8-9H2. The minimum atomic E-state index is -0.491. The van der Waals surface area contributed by atoms with Crippen LogP contribution in [0, 0.1) is 15.9 Å². The van der Waals surface area contributed by atoms with Crippen molar-refractivity contribution in [2.75, 3.05) is 5.32 Å². The molecule has 0 radical (unpaired) electrons. The van der Waals surface area contributed by atoms with Crippen LogP contribution in [0.5, 0.6) is 0 Å². The molecule has 0 bridgehead atoms. The molecule has 2 aromatic carbocycles. The number of nitrogens with zero attached hydrogens (tertiary/aromatic N) is 1. The molecule has 0 unspecified atom stereocenters. The zero-order valence-electron chi connectivity index (χ0n) is 11.3. The monoisotopic (exact) mass is 286 g/mol. The normalized spacial score (nSPS) is 20.6. The molecule has 1 saturated carbocycles. The topological polar surface area (TPSA) is 55.2 Å². The fourth-order valence-corrected chi connectivity index (χ4v) is 2.74. The van der Waals surface area contributed by atoms with Crippen molar-refractivity contribution in [2.45, 2.75) is 24.8 Å². The highest BCUT2D eigenvalue weighted by Crippen LogP contribution is 2.39. The lowest BCUT2D eigenvalue weighted by Gasteiger charge is -2.36. The number of halogens is 1. The molecule has 0 heterocycles. The second-order valence-corrected chi connectivity index (χ2v) is 5.34. The van der Waals surface area contributed by atoms with Crippen molar-refractivity contribution >= 4 is 11.4 Å². The van der Waals surface area contributed by atoms with Gasteiger partial charge in [-0.05, 0) is 30.4 Å². The maximum absolute atomic E-state index is 13.3. The molecule has 0 spiro atoms. The molecular formula is C16H15FN2O2. The fourth-order valence-electron chi connectivity index (χ4n) is 2.74. The van der Waals surface area contributed by atoms with E-state index in [0.717, 1.165) is 18.9 Å². The Labute approximate surface area is 121 Å². The Morgan fingerprint density at radius 2 is 1.86 bits per heavy atom. The molecule has 5 heteroatoms. The van der Waals surface area contributed by atoms with Gasteiger partial charge in [-0.25, -0.2) is 4.39 Å². The third kappa shape index (κ3) is 2.86. The summed E-state index contributed by atoms with van der Waals surface area (Å²) < 4.78 is 13.3. The number of nitro benzene ring substituents is 1. The summed E-state index contributed by atoms with van der Waals surface area (Å²) in [5, 5.41) is 14.0. The van der Waals surface area contributed by atoms with Crippen LogP contribution in [0.4, 0.5) is 15.8 Å². The highest BCUT2D eigenvalue weighted by atomic mass is 19.1. The van der Waals surface area contributed by atoms with Crippen LogP contribution in [0.3, 0.4) is 0 Å². The van der Waals surface area contributed by atoms with Crippen LogP contribution >= 0.6 is 0 Å². The van der Waals surface area contributed by atoms with Crippen LogP contribution < -0.4 is 5.32 Å². The molecule has 108 valence electrons.